The van der Waals surface area contributed by atoms with Crippen LogP contribution in [0.15, 0.2) is 24.3 Å². The Morgan fingerprint density at radius 1 is 1.10 bits per heavy atom. The molecule has 0 spiro atoms. The van der Waals surface area contributed by atoms with Gasteiger partial charge in [0.15, 0.2) is 0 Å². The van der Waals surface area contributed by atoms with Gasteiger partial charge in [-0.15, -0.1) is 0 Å². The molecule has 5 nitrogen and oxygen atoms in total. The lowest BCUT2D eigenvalue weighted by molar-refractivity contribution is 0.0696. The van der Waals surface area contributed by atoms with E-state index in [1.807, 2.05) is 0 Å². The van der Waals surface area contributed by atoms with Crippen LogP contribution in [-0.4, -0.2) is 22.0 Å². The second-order valence-electron chi connectivity index (χ2n) is 3.83. The molecule has 1 heterocycles. The smallest absolute Gasteiger partial charge is 0.335 e. The minimum absolute atomic E-state index is 0.0321. The molecule has 0 bridgehead atoms. The van der Waals surface area contributed by atoms with Crippen molar-refractivity contribution in [2.75, 3.05) is 5.32 Å². The number of halogens is 3. The summed E-state index contributed by atoms with van der Waals surface area (Å²) in [6, 6.07) is 5.36. The topological polar surface area (TPSA) is 82.2 Å². The van der Waals surface area contributed by atoms with Crippen molar-refractivity contribution < 1.29 is 14.7 Å². The molecule has 0 radical (unpaired) electrons. The van der Waals surface area contributed by atoms with Gasteiger partial charge in [-0.3, -0.25) is 4.79 Å². The number of carbonyl (C=O) groups is 2. The summed E-state index contributed by atoms with van der Waals surface area (Å²) < 4.78 is 0. The van der Waals surface area contributed by atoms with Crippen LogP contribution in [0, 0.1) is 0 Å². The summed E-state index contributed by atoms with van der Waals surface area (Å²) in [7, 11) is 0. The number of carboxylic acids is 1. The molecule has 8 heteroatoms. The van der Waals surface area contributed by atoms with Gasteiger partial charge >= 0.3 is 5.97 Å². The molecule has 0 atom stereocenters. The maximum Gasteiger partial charge on any atom is 0.335 e. The highest BCUT2D eigenvalue weighted by Gasteiger charge is 2.13. The summed E-state index contributed by atoms with van der Waals surface area (Å²) in [4.78, 5) is 25.4. The highest BCUT2D eigenvalue weighted by atomic mass is 35.5. The Morgan fingerprint density at radius 3 is 2.35 bits per heavy atom. The van der Waals surface area contributed by atoms with Crippen molar-refractivity contribution >= 4 is 52.4 Å². The van der Waals surface area contributed by atoms with Crippen LogP contribution in [-0.2, 0) is 0 Å². The zero-order chi connectivity index (χ0) is 14.9. The third kappa shape index (κ3) is 3.25. The van der Waals surface area contributed by atoms with Crippen molar-refractivity contribution in [1.29, 1.82) is 0 Å². The van der Waals surface area contributed by atoms with Crippen LogP contribution < -0.4 is 5.32 Å². The Morgan fingerprint density at radius 2 is 1.80 bits per heavy atom. The van der Waals surface area contributed by atoms with Crippen molar-refractivity contribution in [3.63, 3.8) is 0 Å². The molecule has 104 valence electrons. The number of carboxylic acid groups (broad SMARTS) is 1. The van der Waals surface area contributed by atoms with Gasteiger partial charge in [0.2, 0.25) is 0 Å². The summed E-state index contributed by atoms with van der Waals surface area (Å²) >= 11 is 17.2. The fourth-order valence-corrected chi connectivity index (χ4v) is 2.06. The number of anilines is 1. The predicted octanol–water partition coefficient (Wildman–Crippen LogP) is 3.93. The Balaban J connectivity index is 2.25. The third-order valence-corrected chi connectivity index (χ3v) is 3.28. The number of carbonyl (C=O) groups excluding carboxylic acids is 1. The summed E-state index contributed by atoms with van der Waals surface area (Å²) in [6.07, 6.45) is 0. The first-order chi connectivity index (χ1) is 9.36. The van der Waals surface area contributed by atoms with E-state index in [0.717, 1.165) is 0 Å². The van der Waals surface area contributed by atoms with Crippen LogP contribution in [0.1, 0.15) is 20.8 Å². The lowest BCUT2D eigenvalue weighted by Gasteiger charge is -2.06. The molecule has 2 rings (SSSR count). The number of hydrogen-bond acceptors (Lipinski definition) is 2. The van der Waals surface area contributed by atoms with Crippen molar-refractivity contribution in [3.05, 3.63) is 50.7 Å². The lowest BCUT2D eigenvalue weighted by Crippen LogP contribution is -2.12. The Labute approximate surface area is 128 Å². The third-order valence-electron chi connectivity index (χ3n) is 2.37. The summed E-state index contributed by atoms with van der Waals surface area (Å²) in [5.41, 5.74) is 0.369. The molecule has 0 unspecified atom stereocenters. The molecule has 0 fully saturated rings. The zero-order valence-electron chi connectivity index (χ0n) is 9.71. The molecule has 1 amide bonds. The quantitative estimate of drug-likeness (QED) is 0.796. The van der Waals surface area contributed by atoms with E-state index in [1.165, 1.54) is 24.3 Å². The van der Waals surface area contributed by atoms with Gasteiger partial charge in [-0.25, -0.2) is 4.79 Å². The van der Waals surface area contributed by atoms with E-state index in [0.29, 0.717) is 0 Å². The number of benzene rings is 1. The molecule has 3 N–H and O–H groups in total. The van der Waals surface area contributed by atoms with E-state index >= 15 is 0 Å². The highest BCUT2D eigenvalue weighted by Crippen LogP contribution is 2.23. The normalized spacial score (nSPS) is 10.3. The van der Waals surface area contributed by atoms with Crippen LogP contribution >= 0.6 is 34.8 Å². The number of hydrogen-bond donors (Lipinski definition) is 3. The van der Waals surface area contributed by atoms with E-state index in [9.17, 15) is 9.59 Å². The molecule has 0 saturated carbocycles. The maximum absolute atomic E-state index is 11.9. The number of nitrogens with one attached hydrogen (secondary N) is 2. The Bertz CT molecular complexity index is 678. The van der Waals surface area contributed by atoms with Crippen LogP contribution in [0.3, 0.4) is 0 Å². The molecule has 20 heavy (non-hydrogen) atoms. The molecular formula is C12H7Cl3N2O3. The molecule has 1 aromatic carbocycles. The number of aromatic amines is 1. The van der Waals surface area contributed by atoms with Gasteiger partial charge in [0.25, 0.3) is 5.91 Å². The van der Waals surface area contributed by atoms with Crippen molar-refractivity contribution in [2.24, 2.45) is 0 Å². The van der Waals surface area contributed by atoms with Gasteiger partial charge in [-0.2, -0.15) is 0 Å². The zero-order valence-corrected chi connectivity index (χ0v) is 12.0. The van der Waals surface area contributed by atoms with E-state index in [4.69, 9.17) is 39.9 Å². The molecular weight excluding hydrogens is 327 g/mol. The average Bonchev–Trinajstić information content (AvgIpc) is 2.69. The first-order valence-electron chi connectivity index (χ1n) is 5.26. The Kier molecular flexibility index (Phi) is 4.23. The van der Waals surface area contributed by atoms with Gasteiger partial charge in [0, 0.05) is 10.7 Å². The molecule has 1 aromatic heterocycles. The number of amides is 1. The second-order valence-corrected chi connectivity index (χ2v) is 5.05. The molecule has 2 aromatic rings. The average molecular weight is 334 g/mol. The number of H-pyrrole nitrogens is 1. The number of aromatic nitrogens is 1. The van der Waals surface area contributed by atoms with E-state index in [2.05, 4.69) is 10.3 Å². The van der Waals surface area contributed by atoms with Gasteiger partial charge in [-0.1, -0.05) is 34.8 Å². The highest BCUT2D eigenvalue weighted by molar-refractivity contribution is 6.41. The Hall–Kier alpha value is -1.69. The SMILES string of the molecule is O=C(O)c1cc(Cl)cc(NC(=O)c2cc(Cl)c(Cl)[nH]2)c1. The number of rotatable bonds is 3. The van der Waals surface area contributed by atoms with E-state index in [1.54, 1.807) is 0 Å². The van der Waals surface area contributed by atoms with Gasteiger partial charge in [-0.05, 0) is 24.3 Å². The fourth-order valence-electron chi connectivity index (χ4n) is 1.51. The maximum atomic E-state index is 11.9. The minimum atomic E-state index is -1.14. The van der Waals surface area contributed by atoms with Crippen LogP contribution in [0.2, 0.25) is 15.2 Å². The number of aromatic carboxylic acids is 1. The first kappa shape index (κ1) is 14.7. The van der Waals surface area contributed by atoms with Gasteiger partial charge in [0.05, 0.1) is 10.6 Å². The molecule has 0 aliphatic rings. The van der Waals surface area contributed by atoms with Gasteiger partial charge in [0.1, 0.15) is 10.8 Å². The summed E-state index contributed by atoms with van der Waals surface area (Å²) in [5.74, 6) is -1.66. The van der Waals surface area contributed by atoms with Gasteiger partial charge < -0.3 is 15.4 Å². The van der Waals surface area contributed by atoms with Crippen LogP contribution in [0.25, 0.3) is 0 Å². The van der Waals surface area contributed by atoms with Crippen molar-refractivity contribution in [3.8, 4) is 0 Å². The summed E-state index contributed by atoms with van der Waals surface area (Å²) in [5, 5.41) is 12.0. The van der Waals surface area contributed by atoms with E-state index in [-0.39, 0.29) is 32.1 Å². The van der Waals surface area contributed by atoms with Crippen LogP contribution in [0.4, 0.5) is 5.69 Å². The van der Waals surface area contributed by atoms with Crippen LogP contribution in [0.5, 0.6) is 0 Å². The molecule has 0 saturated heterocycles. The molecule has 0 aliphatic heterocycles. The first-order valence-corrected chi connectivity index (χ1v) is 6.39. The standard InChI is InChI=1S/C12H7Cl3N2O3/c13-6-1-5(12(19)20)2-7(3-6)16-11(18)9-4-8(14)10(15)17-9/h1-4,17H,(H,16,18)(H,19,20). The predicted molar refractivity (Wildman–Crippen MR) is 77.2 cm³/mol. The fraction of sp³-hybridized carbons (Fsp3) is 0. The van der Waals surface area contributed by atoms with E-state index < -0.39 is 11.9 Å². The lowest BCUT2D eigenvalue weighted by atomic mass is 10.2. The largest absolute Gasteiger partial charge is 0.478 e. The second kappa shape index (κ2) is 5.75. The monoisotopic (exact) mass is 332 g/mol. The minimum Gasteiger partial charge on any atom is -0.478 e. The van der Waals surface area contributed by atoms with Crippen molar-refractivity contribution in [2.45, 2.75) is 0 Å². The van der Waals surface area contributed by atoms with Crippen molar-refractivity contribution in [1.82, 2.24) is 4.98 Å². The summed E-state index contributed by atoms with van der Waals surface area (Å²) in [6.45, 7) is 0. The molecule has 0 aliphatic carbocycles.